The number of ether oxygens (including phenoxy) is 2. The van der Waals surface area contributed by atoms with Crippen molar-refractivity contribution in [3.05, 3.63) is 23.8 Å². The van der Waals surface area contributed by atoms with Crippen molar-refractivity contribution in [2.24, 2.45) is 0 Å². The minimum Gasteiger partial charge on any atom is -0.454 e. The summed E-state index contributed by atoms with van der Waals surface area (Å²) in [5.41, 5.74) is 1.27. The van der Waals surface area contributed by atoms with Gasteiger partial charge in [-0.15, -0.1) is 0 Å². The molecule has 2 aliphatic rings. The van der Waals surface area contributed by atoms with Crippen LogP contribution in [-0.4, -0.2) is 37.4 Å². The Labute approximate surface area is 127 Å². The summed E-state index contributed by atoms with van der Waals surface area (Å²) in [7, 11) is 2.04. The fraction of sp³-hybridized carbons (Fsp3) is 0.647. The maximum absolute atomic E-state index is 5.50. The van der Waals surface area contributed by atoms with E-state index in [1.807, 2.05) is 13.1 Å². The third kappa shape index (κ3) is 3.01. The van der Waals surface area contributed by atoms with Gasteiger partial charge < -0.3 is 14.8 Å². The van der Waals surface area contributed by atoms with Crippen molar-refractivity contribution in [2.45, 2.75) is 51.2 Å². The molecular formula is C17H26N2O2. The summed E-state index contributed by atoms with van der Waals surface area (Å²) in [6, 6.07) is 7.93. The molecule has 0 spiro atoms. The van der Waals surface area contributed by atoms with Crippen LogP contribution in [0.15, 0.2) is 18.2 Å². The van der Waals surface area contributed by atoms with Crippen LogP contribution in [0.1, 0.15) is 44.7 Å². The molecule has 4 heteroatoms. The minimum absolute atomic E-state index is 0.322. The van der Waals surface area contributed by atoms with Crippen molar-refractivity contribution in [1.82, 2.24) is 10.2 Å². The lowest BCUT2D eigenvalue weighted by Crippen LogP contribution is -2.47. The first-order valence-corrected chi connectivity index (χ1v) is 8.01. The third-order valence-corrected chi connectivity index (χ3v) is 4.92. The lowest BCUT2D eigenvalue weighted by molar-refractivity contribution is 0.0920. The molecule has 4 nitrogen and oxygen atoms in total. The number of piperidine rings is 1. The summed E-state index contributed by atoms with van der Waals surface area (Å²) < 4.78 is 10.9. The number of likely N-dealkylation sites (tertiary alicyclic amines) is 1. The van der Waals surface area contributed by atoms with E-state index < -0.39 is 0 Å². The van der Waals surface area contributed by atoms with Gasteiger partial charge >= 0.3 is 0 Å². The van der Waals surface area contributed by atoms with Crippen molar-refractivity contribution >= 4 is 0 Å². The molecule has 1 aromatic carbocycles. The Balaban J connectivity index is 1.75. The molecule has 3 atom stereocenters. The van der Waals surface area contributed by atoms with Crippen LogP contribution in [0.4, 0.5) is 0 Å². The number of nitrogens with one attached hydrogen (secondary N) is 1. The third-order valence-electron chi connectivity index (χ3n) is 4.92. The molecule has 0 bridgehead atoms. The molecule has 0 saturated carbocycles. The molecule has 0 radical (unpaired) electrons. The van der Waals surface area contributed by atoms with Crippen molar-refractivity contribution in [3.63, 3.8) is 0 Å². The molecule has 1 aromatic rings. The van der Waals surface area contributed by atoms with E-state index in [1.165, 1.54) is 24.8 Å². The summed E-state index contributed by atoms with van der Waals surface area (Å²) >= 11 is 0. The summed E-state index contributed by atoms with van der Waals surface area (Å²) in [6.07, 6.45) is 3.97. The second kappa shape index (κ2) is 6.24. The van der Waals surface area contributed by atoms with Crippen LogP contribution in [0.25, 0.3) is 0 Å². The van der Waals surface area contributed by atoms with Crippen LogP contribution in [-0.2, 0) is 0 Å². The van der Waals surface area contributed by atoms with Gasteiger partial charge in [0.1, 0.15) is 0 Å². The molecule has 2 heterocycles. The molecule has 0 aliphatic carbocycles. The number of fused-ring (bicyclic) bond motifs is 1. The number of benzene rings is 1. The first kappa shape index (κ1) is 14.7. The van der Waals surface area contributed by atoms with E-state index >= 15 is 0 Å². The molecule has 1 unspecified atom stereocenters. The molecule has 0 amide bonds. The second-order valence-corrected chi connectivity index (χ2v) is 6.28. The van der Waals surface area contributed by atoms with Crippen LogP contribution >= 0.6 is 0 Å². The average Bonchev–Trinajstić information content (AvgIpc) is 2.94. The monoisotopic (exact) mass is 290 g/mol. The topological polar surface area (TPSA) is 33.7 Å². The largest absolute Gasteiger partial charge is 0.454 e. The van der Waals surface area contributed by atoms with E-state index in [-0.39, 0.29) is 0 Å². The SMILES string of the molecule is CNC(CN1[C@H](C)CCC[C@@H]1C)c1ccc2c(c1)OCO2. The molecule has 21 heavy (non-hydrogen) atoms. The molecule has 116 valence electrons. The smallest absolute Gasteiger partial charge is 0.231 e. The summed E-state index contributed by atoms with van der Waals surface area (Å²) in [6.45, 7) is 6.08. The van der Waals surface area contributed by atoms with Crippen molar-refractivity contribution < 1.29 is 9.47 Å². The Morgan fingerprint density at radius 1 is 1.19 bits per heavy atom. The van der Waals surface area contributed by atoms with Gasteiger partial charge in [-0.05, 0) is 51.4 Å². The number of hydrogen-bond acceptors (Lipinski definition) is 4. The fourth-order valence-electron chi connectivity index (χ4n) is 3.54. The van der Waals surface area contributed by atoms with E-state index in [9.17, 15) is 0 Å². The molecule has 2 aliphatic heterocycles. The normalized spacial score (nSPS) is 26.8. The van der Waals surface area contributed by atoms with E-state index in [4.69, 9.17) is 9.47 Å². The highest BCUT2D eigenvalue weighted by Gasteiger charge is 2.27. The zero-order chi connectivity index (χ0) is 14.8. The maximum Gasteiger partial charge on any atom is 0.231 e. The number of likely N-dealkylation sites (N-methyl/N-ethyl adjacent to an activating group) is 1. The predicted molar refractivity (Wildman–Crippen MR) is 83.8 cm³/mol. The number of nitrogens with zero attached hydrogens (tertiary/aromatic N) is 1. The zero-order valence-electron chi connectivity index (χ0n) is 13.3. The van der Waals surface area contributed by atoms with Crippen LogP contribution in [0, 0.1) is 0 Å². The van der Waals surface area contributed by atoms with Crippen molar-refractivity contribution in [2.75, 3.05) is 20.4 Å². The van der Waals surface area contributed by atoms with Gasteiger partial charge in [0.15, 0.2) is 11.5 Å². The minimum atomic E-state index is 0.322. The Kier molecular flexibility index (Phi) is 4.36. The fourth-order valence-corrected chi connectivity index (χ4v) is 3.54. The first-order chi connectivity index (χ1) is 10.2. The Bertz CT molecular complexity index is 482. The highest BCUT2D eigenvalue weighted by molar-refractivity contribution is 5.45. The lowest BCUT2D eigenvalue weighted by Gasteiger charge is -2.41. The van der Waals surface area contributed by atoms with Gasteiger partial charge in [0.2, 0.25) is 6.79 Å². The molecular weight excluding hydrogens is 264 g/mol. The number of rotatable bonds is 4. The Morgan fingerprint density at radius 3 is 2.62 bits per heavy atom. The van der Waals surface area contributed by atoms with Crippen LogP contribution in [0.2, 0.25) is 0 Å². The molecule has 1 N–H and O–H groups in total. The molecule has 0 aromatic heterocycles. The van der Waals surface area contributed by atoms with E-state index in [0.29, 0.717) is 24.9 Å². The van der Waals surface area contributed by atoms with E-state index in [2.05, 4.69) is 36.2 Å². The highest BCUT2D eigenvalue weighted by atomic mass is 16.7. The van der Waals surface area contributed by atoms with E-state index in [1.54, 1.807) is 0 Å². The van der Waals surface area contributed by atoms with Crippen molar-refractivity contribution in [3.8, 4) is 11.5 Å². The van der Waals surface area contributed by atoms with Gasteiger partial charge in [0, 0.05) is 24.7 Å². The van der Waals surface area contributed by atoms with Gasteiger partial charge in [-0.25, -0.2) is 0 Å². The molecule has 1 saturated heterocycles. The van der Waals surface area contributed by atoms with E-state index in [0.717, 1.165) is 18.0 Å². The van der Waals surface area contributed by atoms with Crippen LogP contribution < -0.4 is 14.8 Å². The lowest BCUT2D eigenvalue weighted by atomic mass is 9.95. The van der Waals surface area contributed by atoms with Gasteiger partial charge in [-0.1, -0.05) is 12.5 Å². The van der Waals surface area contributed by atoms with Gasteiger partial charge in [-0.3, -0.25) is 4.90 Å². The molecule has 1 fully saturated rings. The van der Waals surface area contributed by atoms with Gasteiger partial charge in [-0.2, -0.15) is 0 Å². The van der Waals surface area contributed by atoms with Crippen molar-refractivity contribution in [1.29, 1.82) is 0 Å². The highest BCUT2D eigenvalue weighted by Crippen LogP contribution is 2.35. The Morgan fingerprint density at radius 2 is 1.90 bits per heavy atom. The Hall–Kier alpha value is -1.26. The quantitative estimate of drug-likeness (QED) is 0.924. The first-order valence-electron chi connectivity index (χ1n) is 8.01. The summed E-state index contributed by atoms with van der Waals surface area (Å²) in [5, 5.41) is 3.46. The standard InChI is InChI=1S/C17H26N2O2/c1-12-5-4-6-13(2)19(12)10-15(18-3)14-7-8-16-17(9-14)21-11-20-16/h7-9,12-13,15,18H,4-6,10-11H2,1-3H3/t12-,13+,15?. The van der Waals surface area contributed by atoms with Crippen LogP contribution in [0.3, 0.4) is 0 Å². The average molecular weight is 290 g/mol. The number of hydrogen-bond donors (Lipinski definition) is 1. The molecule has 3 rings (SSSR count). The van der Waals surface area contributed by atoms with Gasteiger partial charge in [0.25, 0.3) is 0 Å². The zero-order valence-corrected chi connectivity index (χ0v) is 13.3. The predicted octanol–water partition coefficient (Wildman–Crippen LogP) is 2.94. The second-order valence-electron chi connectivity index (χ2n) is 6.28. The summed E-state index contributed by atoms with van der Waals surface area (Å²) in [5.74, 6) is 1.72. The summed E-state index contributed by atoms with van der Waals surface area (Å²) in [4.78, 5) is 2.63. The van der Waals surface area contributed by atoms with Gasteiger partial charge in [0.05, 0.1) is 0 Å². The van der Waals surface area contributed by atoms with Crippen LogP contribution in [0.5, 0.6) is 11.5 Å². The maximum atomic E-state index is 5.50.